The lowest BCUT2D eigenvalue weighted by molar-refractivity contribution is 0.145. The molecule has 0 radical (unpaired) electrons. The Balaban J connectivity index is 2.29. The van der Waals surface area contributed by atoms with Gasteiger partial charge >= 0.3 is 0 Å². The lowest BCUT2D eigenvalue weighted by Crippen LogP contribution is -1.97. The predicted octanol–water partition coefficient (Wildman–Crippen LogP) is 2.15. The van der Waals surface area contributed by atoms with E-state index in [0.29, 0.717) is 19.6 Å². The van der Waals surface area contributed by atoms with Crippen molar-refractivity contribution in [2.75, 3.05) is 20.3 Å². The monoisotopic (exact) mass is 246 g/mol. The SMILES string of the molecule is C=C(C#CCCO)COCc1ccc(OC)cc1. The van der Waals surface area contributed by atoms with E-state index in [-0.39, 0.29) is 6.61 Å². The molecule has 0 spiro atoms. The summed E-state index contributed by atoms with van der Waals surface area (Å²) in [5.74, 6) is 6.47. The largest absolute Gasteiger partial charge is 0.497 e. The molecular weight excluding hydrogens is 228 g/mol. The van der Waals surface area contributed by atoms with Crippen LogP contribution in [0.15, 0.2) is 36.4 Å². The molecule has 1 N–H and O–H groups in total. The van der Waals surface area contributed by atoms with Crippen LogP contribution in [0.25, 0.3) is 0 Å². The van der Waals surface area contributed by atoms with Crippen LogP contribution in [0.5, 0.6) is 5.75 Å². The molecule has 0 atom stereocenters. The number of benzene rings is 1. The van der Waals surface area contributed by atoms with E-state index in [1.807, 2.05) is 24.3 Å². The third kappa shape index (κ3) is 5.53. The lowest BCUT2D eigenvalue weighted by atomic mass is 10.2. The normalized spacial score (nSPS) is 9.44. The standard InChI is InChI=1S/C15H18O3/c1-13(5-3-4-10-16)11-18-12-14-6-8-15(17-2)9-7-14/h6-9,16H,1,4,10-12H2,2H3. The Morgan fingerprint density at radius 2 is 2.06 bits per heavy atom. The number of aliphatic hydroxyl groups excluding tert-OH is 1. The van der Waals surface area contributed by atoms with Gasteiger partial charge in [-0.25, -0.2) is 0 Å². The fourth-order valence-electron chi connectivity index (χ4n) is 1.29. The molecule has 0 saturated carbocycles. The first-order chi connectivity index (χ1) is 8.76. The lowest BCUT2D eigenvalue weighted by Gasteiger charge is -2.04. The van der Waals surface area contributed by atoms with Crippen LogP contribution in [0.4, 0.5) is 0 Å². The molecule has 0 aromatic heterocycles. The van der Waals surface area contributed by atoms with E-state index in [2.05, 4.69) is 18.4 Å². The van der Waals surface area contributed by atoms with Gasteiger partial charge in [0.1, 0.15) is 5.75 Å². The van der Waals surface area contributed by atoms with Gasteiger partial charge in [0.2, 0.25) is 0 Å². The number of hydrogen-bond acceptors (Lipinski definition) is 3. The highest BCUT2D eigenvalue weighted by atomic mass is 16.5. The zero-order valence-electron chi connectivity index (χ0n) is 10.6. The zero-order valence-corrected chi connectivity index (χ0v) is 10.6. The number of hydrogen-bond donors (Lipinski definition) is 1. The highest BCUT2D eigenvalue weighted by Gasteiger charge is 1.95. The fraction of sp³-hybridized carbons (Fsp3) is 0.333. The predicted molar refractivity (Wildman–Crippen MR) is 71.3 cm³/mol. The molecule has 0 bridgehead atoms. The molecule has 0 aliphatic rings. The molecule has 1 aromatic rings. The Morgan fingerprint density at radius 1 is 1.33 bits per heavy atom. The van der Waals surface area contributed by atoms with Crippen molar-refractivity contribution in [3.05, 3.63) is 42.0 Å². The van der Waals surface area contributed by atoms with Gasteiger partial charge in [0, 0.05) is 12.0 Å². The van der Waals surface area contributed by atoms with E-state index >= 15 is 0 Å². The summed E-state index contributed by atoms with van der Waals surface area (Å²) >= 11 is 0. The van der Waals surface area contributed by atoms with Crippen LogP contribution in [-0.2, 0) is 11.3 Å². The van der Waals surface area contributed by atoms with Crippen molar-refractivity contribution >= 4 is 0 Å². The number of methoxy groups -OCH3 is 1. The average molecular weight is 246 g/mol. The van der Waals surface area contributed by atoms with E-state index in [4.69, 9.17) is 14.6 Å². The van der Waals surface area contributed by atoms with Crippen LogP contribution in [0, 0.1) is 11.8 Å². The minimum absolute atomic E-state index is 0.0764. The maximum absolute atomic E-state index is 8.57. The van der Waals surface area contributed by atoms with Gasteiger partial charge in [0.25, 0.3) is 0 Å². The van der Waals surface area contributed by atoms with Gasteiger partial charge in [-0.05, 0) is 17.7 Å². The summed E-state index contributed by atoms with van der Waals surface area (Å²) in [6.07, 6.45) is 0.470. The summed E-state index contributed by atoms with van der Waals surface area (Å²) in [5.41, 5.74) is 1.80. The van der Waals surface area contributed by atoms with Crippen LogP contribution >= 0.6 is 0 Å². The first-order valence-electron chi connectivity index (χ1n) is 5.74. The van der Waals surface area contributed by atoms with Crippen molar-refractivity contribution in [2.45, 2.75) is 13.0 Å². The summed E-state index contributed by atoms with van der Waals surface area (Å²) in [7, 11) is 1.64. The van der Waals surface area contributed by atoms with Crippen molar-refractivity contribution in [1.29, 1.82) is 0 Å². The molecule has 0 aliphatic heterocycles. The quantitative estimate of drug-likeness (QED) is 0.782. The van der Waals surface area contributed by atoms with Gasteiger partial charge in [-0.15, -0.1) is 0 Å². The Labute approximate surface area is 108 Å². The van der Waals surface area contributed by atoms with Crippen LogP contribution < -0.4 is 4.74 Å². The second-order valence-corrected chi connectivity index (χ2v) is 3.72. The topological polar surface area (TPSA) is 38.7 Å². The van der Waals surface area contributed by atoms with E-state index in [1.165, 1.54) is 0 Å². The molecule has 3 heteroatoms. The van der Waals surface area contributed by atoms with Crippen LogP contribution in [0.3, 0.4) is 0 Å². The van der Waals surface area contributed by atoms with Crippen molar-refractivity contribution in [3.8, 4) is 17.6 Å². The zero-order chi connectivity index (χ0) is 13.2. The molecule has 0 heterocycles. The average Bonchev–Trinajstić information content (AvgIpc) is 2.40. The first kappa shape index (κ1) is 14.3. The maximum Gasteiger partial charge on any atom is 0.118 e. The summed E-state index contributed by atoms with van der Waals surface area (Å²) in [5, 5.41) is 8.57. The maximum atomic E-state index is 8.57. The summed E-state index contributed by atoms with van der Waals surface area (Å²) in [4.78, 5) is 0. The molecule has 1 rings (SSSR count). The van der Waals surface area contributed by atoms with Crippen molar-refractivity contribution < 1.29 is 14.6 Å². The second-order valence-electron chi connectivity index (χ2n) is 3.72. The molecule has 18 heavy (non-hydrogen) atoms. The van der Waals surface area contributed by atoms with Gasteiger partial charge in [0.05, 0.1) is 26.9 Å². The van der Waals surface area contributed by atoms with Crippen molar-refractivity contribution in [2.24, 2.45) is 0 Å². The number of aliphatic hydroxyl groups is 1. The Kier molecular flexibility index (Phi) is 6.63. The molecular formula is C15H18O3. The molecule has 1 aromatic carbocycles. The molecule has 0 fully saturated rings. The van der Waals surface area contributed by atoms with Crippen LogP contribution in [0.2, 0.25) is 0 Å². The van der Waals surface area contributed by atoms with Gasteiger partial charge in [-0.1, -0.05) is 30.6 Å². The Hall–Kier alpha value is -1.76. The van der Waals surface area contributed by atoms with Gasteiger partial charge in [-0.2, -0.15) is 0 Å². The van der Waals surface area contributed by atoms with E-state index in [0.717, 1.165) is 16.9 Å². The fourth-order valence-corrected chi connectivity index (χ4v) is 1.29. The molecule has 0 saturated heterocycles. The van der Waals surface area contributed by atoms with E-state index in [9.17, 15) is 0 Å². The van der Waals surface area contributed by atoms with Gasteiger partial charge in [-0.3, -0.25) is 0 Å². The Morgan fingerprint density at radius 3 is 2.67 bits per heavy atom. The molecule has 0 amide bonds. The summed E-state index contributed by atoms with van der Waals surface area (Å²) in [6, 6.07) is 7.71. The van der Waals surface area contributed by atoms with E-state index in [1.54, 1.807) is 7.11 Å². The van der Waals surface area contributed by atoms with Crippen LogP contribution in [-0.4, -0.2) is 25.4 Å². The highest BCUT2D eigenvalue weighted by molar-refractivity contribution is 5.27. The van der Waals surface area contributed by atoms with Gasteiger partial charge in [0.15, 0.2) is 0 Å². The molecule has 0 aliphatic carbocycles. The summed E-state index contributed by atoms with van der Waals surface area (Å²) < 4.78 is 10.6. The first-order valence-corrected chi connectivity index (χ1v) is 5.74. The third-order valence-corrected chi connectivity index (χ3v) is 2.21. The van der Waals surface area contributed by atoms with Crippen molar-refractivity contribution in [3.63, 3.8) is 0 Å². The number of rotatable bonds is 6. The Bertz CT molecular complexity index is 423. The smallest absolute Gasteiger partial charge is 0.118 e. The van der Waals surface area contributed by atoms with Gasteiger partial charge < -0.3 is 14.6 Å². The van der Waals surface area contributed by atoms with Crippen LogP contribution in [0.1, 0.15) is 12.0 Å². The second kappa shape index (κ2) is 8.35. The van der Waals surface area contributed by atoms with E-state index < -0.39 is 0 Å². The molecule has 0 unspecified atom stereocenters. The molecule has 96 valence electrons. The summed E-state index contributed by atoms with van der Waals surface area (Å²) in [6.45, 7) is 4.79. The third-order valence-electron chi connectivity index (χ3n) is 2.21. The highest BCUT2D eigenvalue weighted by Crippen LogP contribution is 2.12. The minimum atomic E-state index is 0.0764. The van der Waals surface area contributed by atoms with Crippen molar-refractivity contribution in [1.82, 2.24) is 0 Å². The molecule has 3 nitrogen and oxygen atoms in total. The number of ether oxygens (including phenoxy) is 2. The minimum Gasteiger partial charge on any atom is -0.497 e.